The largest absolute Gasteiger partial charge is 2.00 e. The average Bonchev–Trinajstić information content (AvgIpc) is 1.05. The minimum Gasteiger partial charge on any atom is -0.686 e. The van der Waals surface area contributed by atoms with Crippen LogP contribution in [0.3, 0.4) is 0 Å². The van der Waals surface area contributed by atoms with Crippen LogP contribution >= 0.6 is 0 Å². The summed E-state index contributed by atoms with van der Waals surface area (Å²) in [4.78, 5) is 51.5. The molecule has 0 saturated heterocycles. The summed E-state index contributed by atoms with van der Waals surface area (Å²) in [5.74, 6) is 2.07. The van der Waals surface area contributed by atoms with E-state index in [1.165, 1.54) is 33.4 Å². The van der Waals surface area contributed by atoms with Crippen LogP contribution in [0.15, 0.2) is 380 Å². The second-order valence-electron chi connectivity index (χ2n) is 34.2. The normalized spacial score (nSPS) is 12.0. The van der Waals surface area contributed by atoms with Crippen LogP contribution in [0.2, 0.25) is 0 Å². The molecule has 17 nitrogen and oxygen atoms in total. The number of aliphatic imine (C=N–C) groups is 1. The van der Waals surface area contributed by atoms with E-state index in [0.29, 0.717) is 56.7 Å². The summed E-state index contributed by atoms with van der Waals surface area (Å²) in [6, 6.07) is 114. The number of rotatable bonds is 22. The topological polar surface area (TPSA) is 243 Å². The van der Waals surface area contributed by atoms with E-state index in [2.05, 4.69) is 181 Å². The first-order valence-corrected chi connectivity index (χ1v) is 46.9. The summed E-state index contributed by atoms with van der Waals surface area (Å²) in [5, 5.41) is 54.3. The van der Waals surface area contributed by atoms with Crippen LogP contribution in [0.5, 0.6) is 23.0 Å². The van der Waals surface area contributed by atoms with Crippen LogP contribution in [-0.2, 0) is 115 Å². The summed E-state index contributed by atoms with van der Waals surface area (Å²) in [6.07, 6.45) is 12.1. The minimum absolute atomic E-state index is 0. The summed E-state index contributed by atoms with van der Waals surface area (Å²) >= 11 is 0. The zero-order valence-electron chi connectivity index (χ0n) is 81.0. The zero-order chi connectivity index (χ0) is 96.6. The fourth-order valence-corrected chi connectivity index (χ4v) is 17.9. The van der Waals surface area contributed by atoms with Gasteiger partial charge in [-0.05, 0) is 238 Å². The standard InChI is InChI=1S/C38H28N4.C31H36N4.C28H21N3O2.C25H22N2O2.4Pt/c1-39-33-19-11-9-17-29(33)35-23-31(25-13-5-3-6-14-25)27-21-22-28-32(26-15-7-4-8-16-26)24-36(42-38(28)37(27)41-35)30-18-10-12-20-34(30)40-2;1-8-23-24(9-2)30(34-28(23)16-22-14-12-13-15-32-22)18-31-26(11-4)25(10-3)29(35-31)17-27-20(6)19(5)21(7)33-27;32-25-16-6-4-12-21(25)23-14-8-18-27(29-23)31(20-10-2-1-3-11-20)28-19-9-15-24(30-28)22-13-5-7-17-26(22)33;1-25(2,23-15-7-11-19(26-23)17-9-3-5-13-21(17)28)24-16-8-12-20(27-24)18-10-4-6-14-22(18)29;;;;/h3-24H,1-2H3;12-18H,8-11H2,1-7H3;1-19,32-33H;3-16,28-29H,1-2H3;;;;/q2*-2;;;;;2*+2. The molecule has 10 heterocycles. The monoisotopic (exact) mass is 2600 g/mol. The van der Waals surface area contributed by atoms with Crippen molar-refractivity contribution in [2.75, 3.05) is 19.0 Å². The fraction of sp³-hybridized carbons (Fsp3) is 0.131. The molecule has 9 aromatic heterocycles. The van der Waals surface area contributed by atoms with Crippen LogP contribution in [-0.4, -0.2) is 75.1 Å². The van der Waals surface area contributed by atoms with Gasteiger partial charge in [-0.15, -0.1) is 47.6 Å². The number of fused-ring (bicyclic) bond motifs is 3. The molecule has 0 aliphatic carbocycles. The predicted octanol–water partition coefficient (Wildman–Crippen LogP) is 28.0. The van der Waals surface area contributed by atoms with Crippen LogP contribution in [0.25, 0.3) is 140 Å². The molecular formula is C122H107N13O4Pt4. The van der Waals surface area contributed by atoms with E-state index in [1.54, 1.807) is 48.5 Å². The van der Waals surface area contributed by atoms with Crippen molar-refractivity contribution < 1.29 is 105 Å². The van der Waals surface area contributed by atoms with Crippen molar-refractivity contribution in [2.45, 2.75) is 93.4 Å². The number of aromatic hydroxyl groups is 4. The fourth-order valence-electron chi connectivity index (χ4n) is 17.9. The Kier molecular flexibility index (Phi) is 36.2. The van der Waals surface area contributed by atoms with Crippen LogP contribution in [0, 0.1) is 0 Å². The van der Waals surface area contributed by atoms with Crippen molar-refractivity contribution in [1.82, 2.24) is 44.9 Å². The Bertz CT molecular complexity index is 7600. The molecule has 0 bridgehead atoms. The maximum absolute atomic E-state index is 10.3. The maximum atomic E-state index is 10.3. The smallest absolute Gasteiger partial charge is 0.686 e. The van der Waals surface area contributed by atoms with Crippen molar-refractivity contribution in [3.8, 4) is 113 Å². The van der Waals surface area contributed by atoms with Gasteiger partial charge in [-0.3, -0.25) is 24.8 Å². The molecule has 0 amide bonds. The molecule has 4 N–H and O–H groups in total. The van der Waals surface area contributed by atoms with Gasteiger partial charge < -0.3 is 41.0 Å². The number of pyridine rings is 7. The van der Waals surface area contributed by atoms with Crippen molar-refractivity contribution in [3.63, 3.8) is 0 Å². The third-order valence-electron chi connectivity index (χ3n) is 25.4. The minimum atomic E-state index is -0.471. The first-order valence-electron chi connectivity index (χ1n) is 46.9. The number of para-hydroxylation sites is 7. The SMILES string of the molecule is CC(C)(c1cccc(-c2ccccc2O)n1)c1cccc(-c2ccccc2O)n1.CCc1c(C=C2N=C(C)C(C)=C2C)[n-]c(C=c2[n-]c(=Cc3ccccn3)c(CC)c2CC)c1CC.C[N-]c1ccccc1-c1cc(-c2ccccc2)c2ccc3c(-c4ccccc4)cc(-c4ccccc4[N-]C)nc3c2n1.Oc1ccccc1-c1cccc(N(c2ccccc2)c2cccc(-c3ccccc3O)n2)n1.[Pt+2].[Pt+2].[Pt].[Pt]. The van der Waals surface area contributed by atoms with E-state index in [9.17, 15) is 20.4 Å². The second-order valence-corrected chi connectivity index (χ2v) is 34.2. The molecule has 19 aromatic rings. The first kappa shape index (κ1) is 106. The van der Waals surface area contributed by atoms with Gasteiger partial charge in [0.25, 0.3) is 0 Å². The average molecular weight is 2600 g/mol. The maximum Gasteiger partial charge on any atom is 2.00 e. The Morgan fingerprint density at radius 1 is 0.336 bits per heavy atom. The molecule has 724 valence electrons. The number of phenolic OH excluding ortho intramolecular Hbond substituents is 4. The van der Waals surface area contributed by atoms with Gasteiger partial charge in [-0.2, -0.15) is 0 Å². The van der Waals surface area contributed by atoms with Crippen LogP contribution in [0.1, 0.15) is 113 Å². The quantitative estimate of drug-likeness (QED) is 0.0461. The van der Waals surface area contributed by atoms with Crippen molar-refractivity contribution in [3.05, 3.63) is 447 Å². The molecule has 1 aliphatic heterocycles. The summed E-state index contributed by atoms with van der Waals surface area (Å²) < 4.78 is 0. The van der Waals surface area contributed by atoms with E-state index in [1.807, 2.05) is 244 Å². The number of nitrogens with zero attached hydrogens (tertiary/aromatic N) is 13. The molecule has 0 fully saturated rings. The van der Waals surface area contributed by atoms with E-state index in [-0.39, 0.29) is 107 Å². The number of aromatic nitrogens is 9. The van der Waals surface area contributed by atoms with Gasteiger partial charge in [0.1, 0.15) is 34.6 Å². The number of allylic oxidation sites excluding steroid dienone is 2. The van der Waals surface area contributed by atoms with Gasteiger partial charge in [0.15, 0.2) is 0 Å². The summed E-state index contributed by atoms with van der Waals surface area (Å²) in [7, 11) is 3.65. The molecular weight excluding hydrogens is 2490 g/mol. The summed E-state index contributed by atoms with van der Waals surface area (Å²) in [5.41, 5.74) is 32.2. The molecule has 0 unspecified atom stereocenters. The van der Waals surface area contributed by atoms with E-state index >= 15 is 0 Å². The van der Waals surface area contributed by atoms with E-state index in [0.717, 1.165) is 160 Å². The molecule has 1 aliphatic rings. The summed E-state index contributed by atoms with van der Waals surface area (Å²) in [6.45, 7) is 19.4. The Morgan fingerprint density at radius 3 is 1.08 bits per heavy atom. The number of phenols is 4. The second kappa shape index (κ2) is 48.8. The van der Waals surface area contributed by atoms with Gasteiger partial charge in [0.05, 0.1) is 68.0 Å². The number of anilines is 3. The molecule has 0 radical (unpaired) electrons. The first-order chi connectivity index (χ1) is 67.8. The molecule has 0 saturated carbocycles. The zero-order valence-corrected chi connectivity index (χ0v) is 90.1. The molecule has 21 heteroatoms. The van der Waals surface area contributed by atoms with E-state index < -0.39 is 5.41 Å². The van der Waals surface area contributed by atoms with Gasteiger partial charge in [0.2, 0.25) is 0 Å². The molecule has 0 atom stereocenters. The Labute approximate surface area is 893 Å². The van der Waals surface area contributed by atoms with E-state index in [4.69, 9.17) is 44.9 Å². The van der Waals surface area contributed by atoms with Crippen molar-refractivity contribution in [1.29, 1.82) is 0 Å². The molecule has 20 rings (SSSR count). The van der Waals surface area contributed by atoms with Crippen LogP contribution < -0.4 is 25.6 Å². The molecule has 10 aromatic carbocycles. The Balaban J connectivity index is 0.000000160. The van der Waals surface area contributed by atoms with Gasteiger partial charge >= 0.3 is 42.1 Å². The van der Waals surface area contributed by atoms with Gasteiger partial charge in [0, 0.05) is 98.2 Å². The third kappa shape index (κ3) is 23.5. The Morgan fingerprint density at radius 2 is 0.699 bits per heavy atom. The van der Waals surface area contributed by atoms with Crippen molar-refractivity contribution >= 4 is 74.4 Å². The van der Waals surface area contributed by atoms with Gasteiger partial charge in [-0.1, -0.05) is 287 Å². The number of hydrogen-bond donors (Lipinski definition) is 4. The Hall–Kier alpha value is -14.4. The van der Waals surface area contributed by atoms with Crippen molar-refractivity contribution in [2.24, 2.45) is 4.99 Å². The van der Waals surface area contributed by atoms with Crippen LogP contribution in [0.4, 0.5) is 28.7 Å². The third-order valence-corrected chi connectivity index (χ3v) is 25.4. The predicted molar refractivity (Wildman–Crippen MR) is 570 cm³/mol. The molecule has 0 spiro atoms. The molecule has 143 heavy (non-hydrogen) atoms. The van der Waals surface area contributed by atoms with Gasteiger partial charge in [-0.25, -0.2) is 19.9 Å². The number of hydrogen-bond acceptors (Lipinski definition) is 13. The number of benzene rings is 10.